The number of aliphatic carboxylic acids is 1. The van der Waals surface area contributed by atoms with Crippen LogP contribution in [0.25, 0.3) is 6.08 Å². The van der Waals surface area contributed by atoms with Gasteiger partial charge in [0.05, 0.1) is 0 Å². The zero-order valence-electron chi connectivity index (χ0n) is 12.0. The highest BCUT2D eigenvalue weighted by Crippen LogP contribution is 2.17. The van der Waals surface area contributed by atoms with Crippen molar-refractivity contribution in [2.24, 2.45) is 5.41 Å². The van der Waals surface area contributed by atoms with Crippen LogP contribution in [0.3, 0.4) is 0 Å². The van der Waals surface area contributed by atoms with Gasteiger partial charge in [0.1, 0.15) is 5.69 Å². The van der Waals surface area contributed by atoms with Crippen LogP contribution in [0.1, 0.15) is 43.2 Å². The highest BCUT2D eigenvalue weighted by Gasteiger charge is 2.17. The molecule has 0 saturated carbocycles. The zero-order chi connectivity index (χ0) is 15.2. The minimum absolute atomic E-state index is 0.0554. The molecule has 5 heteroatoms. The third-order valence-electron chi connectivity index (χ3n) is 3.12. The lowest BCUT2D eigenvalue weighted by Crippen LogP contribution is -2.34. The van der Waals surface area contributed by atoms with E-state index in [0.29, 0.717) is 17.8 Å². The molecule has 1 heterocycles. The number of carboxylic acids is 1. The third-order valence-corrected chi connectivity index (χ3v) is 3.12. The van der Waals surface area contributed by atoms with E-state index >= 15 is 0 Å². The van der Waals surface area contributed by atoms with E-state index in [2.05, 4.69) is 31.1 Å². The molecule has 0 aliphatic rings. The molecule has 1 amide bonds. The van der Waals surface area contributed by atoms with Crippen LogP contribution in [-0.2, 0) is 4.79 Å². The maximum absolute atomic E-state index is 11.9. The Morgan fingerprint density at radius 1 is 1.40 bits per heavy atom. The van der Waals surface area contributed by atoms with Gasteiger partial charge < -0.3 is 10.4 Å². The molecule has 1 aromatic heterocycles. The number of carbonyl (C=O) groups excluding carboxylic acids is 1. The first-order chi connectivity index (χ1) is 9.34. The first kappa shape index (κ1) is 15.9. The molecule has 5 nitrogen and oxygen atoms in total. The monoisotopic (exact) mass is 276 g/mol. The van der Waals surface area contributed by atoms with Crippen molar-refractivity contribution < 1.29 is 14.7 Å². The van der Waals surface area contributed by atoms with Gasteiger partial charge in [-0.15, -0.1) is 0 Å². The van der Waals surface area contributed by atoms with Crippen LogP contribution < -0.4 is 5.32 Å². The van der Waals surface area contributed by atoms with Crippen LogP contribution in [0.5, 0.6) is 0 Å². The molecule has 0 atom stereocenters. The summed E-state index contributed by atoms with van der Waals surface area (Å²) in [6.45, 7) is 6.83. The molecule has 0 bridgehead atoms. The van der Waals surface area contributed by atoms with Gasteiger partial charge in [0.15, 0.2) is 0 Å². The van der Waals surface area contributed by atoms with Crippen molar-refractivity contribution >= 4 is 18.0 Å². The fraction of sp³-hybridized carbons (Fsp3) is 0.400. The van der Waals surface area contributed by atoms with Crippen molar-refractivity contribution in [1.82, 2.24) is 10.3 Å². The highest BCUT2D eigenvalue weighted by molar-refractivity contribution is 5.92. The molecular formula is C15H20N2O3. The molecule has 0 aliphatic carbocycles. The number of amides is 1. The van der Waals surface area contributed by atoms with Crippen LogP contribution in [0, 0.1) is 5.41 Å². The van der Waals surface area contributed by atoms with Crippen molar-refractivity contribution in [1.29, 1.82) is 0 Å². The van der Waals surface area contributed by atoms with Crippen molar-refractivity contribution in [3.8, 4) is 0 Å². The number of nitrogens with one attached hydrogen (secondary N) is 1. The van der Waals surface area contributed by atoms with E-state index in [1.165, 1.54) is 12.3 Å². The summed E-state index contributed by atoms with van der Waals surface area (Å²) in [7, 11) is 0. The second-order valence-electron chi connectivity index (χ2n) is 5.35. The lowest BCUT2D eigenvalue weighted by molar-refractivity contribution is -0.131. The molecule has 0 aromatic carbocycles. The summed E-state index contributed by atoms with van der Waals surface area (Å²) < 4.78 is 0. The average Bonchev–Trinajstić information content (AvgIpc) is 2.43. The smallest absolute Gasteiger partial charge is 0.328 e. The molecular weight excluding hydrogens is 256 g/mol. The van der Waals surface area contributed by atoms with Gasteiger partial charge >= 0.3 is 5.97 Å². The highest BCUT2D eigenvalue weighted by atomic mass is 16.4. The molecule has 2 N–H and O–H groups in total. The quantitative estimate of drug-likeness (QED) is 0.782. The van der Waals surface area contributed by atoms with E-state index in [1.807, 2.05) is 0 Å². The summed E-state index contributed by atoms with van der Waals surface area (Å²) in [5.74, 6) is -1.24. The average molecular weight is 276 g/mol. The number of aromatic nitrogens is 1. The first-order valence-corrected chi connectivity index (χ1v) is 6.49. The standard InChI is InChI=1S/C15H20N2O3/c1-4-15(2,3)10-17-14(20)12-7-5-11(9-16-12)6-8-13(18)19/h5-9H,4,10H2,1-3H3,(H,17,20)(H,18,19)/b8-6+. The summed E-state index contributed by atoms with van der Waals surface area (Å²) in [5.41, 5.74) is 1.02. The van der Waals surface area contributed by atoms with E-state index in [1.54, 1.807) is 12.1 Å². The molecule has 0 unspecified atom stereocenters. The van der Waals surface area contributed by atoms with Gasteiger partial charge in [-0.3, -0.25) is 9.78 Å². The Morgan fingerprint density at radius 2 is 2.10 bits per heavy atom. The molecule has 1 aromatic rings. The zero-order valence-corrected chi connectivity index (χ0v) is 12.0. The van der Waals surface area contributed by atoms with Crippen LogP contribution in [0.15, 0.2) is 24.4 Å². The van der Waals surface area contributed by atoms with Crippen molar-refractivity contribution in [2.45, 2.75) is 27.2 Å². The molecule has 0 saturated heterocycles. The number of nitrogens with zero attached hydrogens (tertiary/aromatic N) is 1. The maximum Gasteiger partial charge on any atom is 0.328 e. The summed E-state index contributed by atoms with van der Waals surface area (Å²) in [5, 5.41) is 11.4. The molecule has 108 valence electrons. The van der Waals surface area contributed by atoms with Gasteiger partial charge in [-0.05, 0) is 29.5 Å². The van der Waals surface area contributed by atoms with Gasteiger partial charge in [-0.1, -0.05) is 26.8 Å². The first-order valence-electron chi connectivity index (χ1n) is 6.49. The minimum Gasteiger partial charge on any atom is -0.478 e. The Hall–Kier alpha value is -2.17. The Labute approximate surface area is 118 Å². The van der Waals surface area contributed by atoms with Crippen LogP contribution >= 0.6 is 0 Å². The van der Waals surface area contributed by atoms with Crippen LogP contribution in [0.2, 0.25) is 0 Å². The van der Waals surface area contributed by atoms with Gasteiger partial charge in [0.25, 0.3) is 5.91 Å². The van der Waals surface area contributed by atoms with E-state index in [0.717, 1.165) is 12.5 Å². The molecule has 0 aliphatic heterocycles. The predicted molar refractivity (Wildman–Crippen MR) is 77.3 cm³/mol. The fourth-order valence-electron chi connectivity index (χ4n) is 1.34. The summed E-state index contributed by atoms with van der Waals surface area (Å²) in [6.07, 6.45) is 4.90. The third kappa shape index (κ3) is 5.22. The van der Waals surface area contributed by atoms with Crippen molar-refractivity contribution in [3.05, 3.63) is 35.7 Å². The number of rotatable bonds is 6. The van der Waals surface area contributed by atoms with E-state index in [-0.39, 0.29) is 11.3 Å². The topological polar surface area (TPSA) is 79.3 Å². The number of carbonyl (C=O) groups is 2. The second kappa shape index (κ2) is 6.84. The van der Waals surface area contributed by atoms with E-state index in [4.69, 9.17) is 5.11 Å². The fourth-order valence-corrected chi connectivity index (χ4v) is 1.34. The van der Waals surface area contributed by atoms with Crippen LogP contribution in [0.4, 0.5) is 0 Å². The maximum atomic E-state index is 11.9. The van der Waals surface area contributed by atoms with Gasteiger partial charge in [0.2, 0.25) is 0 Å². The summed E-state index contributed by atoms with van der Waals surface area (Å²) >= 11 is 0. The SMILES string of the molecule is CCC(C)(C)CNC(=O)c1ccc(/C=C/C(=O)O)cn1. The molecule has 20 heavy (non-hydrogen) atoms. The molecule has 0 radical (unpaired) electrons. The largest absolute Gasteiger partial charge is 0.478 e. The Kier molecular flexibility index (Phi) is 5.43. The van der Waals surface area contributed by atoms with E-state index < -0.39 is 5.97 Å². The van der Waals surface area contributed by atoms with E-state index in [9.17, 15) is 9.59 Å². The number of carboxylic acid groups (broad SMARTS) is 1. The number of pyridine rings is 1. The summed E-state index contributed by atoms with van der Waals surface area (Å²) in [6, 6.07) is 3.24. The Balaban J connectivity index is 2.64. The Bertz CT molecular complexity index is 504. The van der Waals surface area contributed by atoms with Crippen molar-refractivity contribution in [2.75, 3.05) is 6.54 Å². The lowest BCUT2D eigenvalue weighted by atomic mass is 9.90. The lowest BCUT2D eigenvalue weighted by Gasteiger charge is -2.22. The Morgan fingerprint density at radius 3 is 2.60 bits per heavy atom. The number of hydrogen-bond acceptors (Lipinski definition) is 3. The summed E-state index contributed by atoms with van der Waals surface area (Å²) in [4.78, 5) is 26.3. The molecule has 0 fully saturated rings. The predicted octanol–water partition coefficient (Wildman–Crippen LogP) is 2.35. The van der Waals surface area contributed by atoms with Crippen molar-refractivity contribution in [3.63, 3.8) is 0 Å². The van der Waals surface area contributed by atoms with Gasteiger partial charge in [-0.25, -0.2) is 4.79 Å². The molecule has 0 spiro atoms. The molecule has 1 rings (SSSR count). The van der Waals surface area contributed by atoms with Crippen LogP contribution in [-0.4, -0.2) is 28.5 Å². The van der Waals surface area contributed by atoms with Gasteiger partial charge in [0, 0.05) is 18.8 Å². The number of hydrogen-bond donors (Lipinski definition) is 2. The van der Waals surface area contributed by atoms with Gasteiger partial charge in [-0.2, -0.15) is 0 Å². The second-order valence-corrected chi connectivity index (χ2v) is 5.35. The minimum atomic E-state index is -1.02. The normalized spacial score (nSPS) is 11.6.